The molecule has 106 valence electrons. The van der Waals surface area contributed by atoms with Crippen molar-refractivity contribution in [2.45, 2.75) is 26.3 Å². The molecule has 0 aliphatic heterocycles. The van der Waals surface area contributed by atoms with Gasteiger partial charge in [0.15, 0.2) is 0 Å². The third kappa shape index (κ3) is 3.54. The van der Waals surface area contributed by atoms with Crippen molar-refractivity contribution in [3.8, 4) is 0 Å². The zero-order valence-electron chi connectivity index (χ0n) is 11.2. The van der Waals surface area contributed by atoms with Crippen molar-refractivity contribution < 1.29 is 14.3 Å². The minimum Gasteiger partial charge on any atom is -0.478 e. The van der Waals surface area contributed by atoms with E-state index in [9.17, 15) is 9.18 Å². The number of carboxylic acid groups (broad SMARTS) is 1. The number of hydrogen-bond acceptors (Lipinski definition) is 4. The molecule has 1 atom stereocenters. The Bertz CT molecular complexity index is 627. The van der Waals surface area contributed by atoms with E-state index in [-0.39, 0.29) is 17.4 Å². The maximum atomic E-state index is 13.0. The third-order valence-electron chi connectivity index (χ3n) is 2.77. The molecule has 0 aromatic carbocycles. The maximum Gasteiger partial charge on any atom is 0.339 e. The second-order valence-corrected chi connectivity index (χ2v) is 5.99. The molecule has 4 nitrogen and oxygen atoms in total. The van der Waals surface area contributed by atoms with Crippen LogP contribution in [-0.2, 0) is 6.42 Å². The van der Waals surface area contributed by atoms with Gasteiger partial charge in [0.1, 0.15) is 17.2 Å². The van der Waals surface area contributed by atoms with Crippen molar-refractivity contribution in [3.05, 3.63) is 45.5 Å². The van der Waals surface area contributed by atoms with Gasteiger partial charge in [-0.05, 0) is 32.0 Å². The minimum atomic E-state index is -1.20. The van der Waals surface area contributed by atoms with Gasteiger partial charge >= 0.3 is 5.97 Å². The molecule has 2 N–H and O–H groups in total. The predicted octanol–water partition coefficient (Wildman–Crippen LogP) is 3.33. The van der Waals surface area contributed by atoms with E-state index in [1.54, 1.807) is 11.3 Å². The maximum absolute atomic E-state index is 13.0. The van der Waals surface area contributed by atoms with Crippen LogP contribution < -0.4 is 5.32 Å². The van der Waals surface area contributed by atoms with Crippen LogP contribution in [0.4, 0.5) is 10.2 Å². The van der Waals surface area contributed by atoms with Crippen molar-refractivity contribution in [2.24, 2.45) is 0 Å². The van der Waals surface area contributed by atoms with Crippen molar-refractivity contribution in [1.29, 1.82) is 0 Å². The summed E-state index contributed by atoms with van der Waals surface area (Å²) in [5.41, 5.74) is -0.154. The van der Waals surface area contributed by atoms with E-state index in [1.807, 2.05) is 26.0 Å². The van der Waals surface area contributed by atoms with Gasteiger partial charge in [-0.3, -0.25) is 0 Å². The van der Waals surface area contributed by atoms with Crippen molar-refractivity contribution in [2.75, 3.05) is 5.32 Å². The summed E-state index contributed by atoms with van der Waals surface area (Å²) in [6.07, 6.45) is 1.77. The van der Waals surface area contributed by atoms with Crippen molar-refractivity contribution >= 4 is 23.1 Å². The minimum absolute atomic E-state index is 0.00381. The molecule has 2 aromatic rings. The van der Waals surface area contributed by atoms with Gasteiger partial charge in [0.2, 0.25) is 0 Å². The van der Waals surface area contributed by atoms with Crippen LogP contribution in [0.1, 0.15) is 27.0 Å². The number of anilines is 1. The SMILES string of the molecule is Cc1ccc(CC(C)Nc2ncc(F)cc2C(=O)O)s1. The van der Waals surface area contributed by atoms with Crippen LogP contribution in [-0.4, -0.2) is 22.1 Å². The third-order valence-corrected chi connectivity index (χ3v) is 3.79. The van der Waals surface area contributed by atoms with E-state index in [0.29, 0.717) is 0 Å². The molecule has 2 rings (SSSR count). The number of hydrogen-bond donors (Lipinski definition) is 2. The van der Waals surface area contributed by atoms with E-state index >= 15 is 0 Å². The Kier molecular flexibility index (Phi) is 4.34. The van der Waals surface area contributed by atoms with Crippen LogP contribution in [0.3, 0.4) is 0 Å². The molecular weight excluding hydrogens is 279 g/mol. The number of thiophene rings is 1. The number of aryl methyl sites for hydroxylation is 1. The average molecular weight is 294 g/mol. The molecule has 0 amide bonds. The Labute approximate surface area is 120 Å². The smallest absolute Gasteiger partial charge is 0.339 e. The first-order chi connectivity index (χ1) is 9.45. The Morgan fingerprint density at radius 2 is 2.30 bits per heavy atom. The summed E-state index contributed by atoms with van der Waals surface area (Å²) < 4.78 is 13.0. The monoisotopic (exact) mass is 294 g/mol. The fraction of sp³-hybridized carbons (Fsp3) is 0.286. The van der Waals surface area contributed by atoms with Gasteiger partial charge in [0.25, 0.3) is 0 Å². The largest absolute Gasteiger partial charge is 0.478 e. The second-order valence-electron chi connectivity index (χ2n) is 4.62. The van der Waals surface area contributed by atoms with Crippen LogP contribution in [0.25, 0.3) is 0 Å². The highest BCUT2D eigenvalue weighted by Crippen LogP contribution is 2.19. The normalized spacial score (nSPS) is 12.2. The fourth-order valence-corrected chi connectivity index (χ4v) is 2.92. The number of carboxylic acids is 1. The molecule has 0 aliphatic carbocycles. The van der Waals surface area contributed by atoms with Gasteiger partial charge in [-0.1, -0.05) is 0 Å². The summed E-state index contributed by atoms with van der Waals surface area (Å²) in [7, 11) is 0. The number of halogens is 1. The first-order valence-electron chi connectivity index (χ1n) is 6.16. The number of aromatic nitrogens is 1. The highest BCUT2D eigenvalue weighted by molar-refractivity contribution is 7.11. The number of pyridine rings is 1. The summed E-state index contributed by atoms with van der Waals surface area (Å²) in [5, 5.41) is 12.1. The van der Waals surface area contributed by atoms with Gasteiger partial charge in [0, 0.05) is 22.2 Å². The molecule has 0 saturated heterocycles. The zero-order valence-corrected chi connectivity index (χ0v) is 12.0. The molecular formula is C14H15FN2O2S. The lowest BCUT2D eigenvalue weighted by Gasteiger charge is -2.15. The standard InChI is InChI=1S/C14H15FN2O2S/c1-8(5-11-4-3-9(2)20-11)17-13-12(14(18)19)6-10(15)7-16-13/h3-4,6-8H,5H2,1-2H3,(H,16,17)(H,18,19). The van der Waals surface area contributed by atoms with Gasteiger partial charge in [0.05, 0.1) is 6.20 Å². The molecule has 0 radical (unpaired) electrons. The predicted molar refractivity (Wildman–Crippen MR) is 77.0 cm³/mol. The van der Waals surface area contributed by atoms with Crippen LogP contribution >= 0.6 is 11.3 Å². The fourth-order valence-electron chi connectivity index (χ4n) is 1.90. The van der Waals surface area contributed by atoms with Gasteiger partial charge in [-0.15, -0.1) is 11.3 Å². The molecule has 0 bridgehead atoms. The summed E-state index contributed by atoms with van der Waals surface area (Å²) in [5.74, 6) is -1.66. The number of carbonyl (C=O) groups is 1. The second kappa shape index (κ2) is 6.00. The molecule has 2 aromatic heterocycles. The highest BCUT2D eigenvalue weighted by Gasteiger charge is 2.15. The summed E-state index contributed by atoms with van der Waals surface area (Å²) in [4.78, 5) is 17.3. The first-order valence-corrected chi connectivity index (χ1v) is 6.98. The number of rotatable bonds is 5. The van der Waals surface area contributed by atoms with Gasteiger partial charge < -0.3 is 10.4 Å². The van der Waals surface area contributed by atoms with E-state index in [2.05, 4.69) is 10.3 Å². The molecule has 1 unspecified atom stereocenters. The summed E-state index contributed by atoms with van der Waals surface area (Å²) in [6, 6.07) is 5.07. The highest BCUT2D eigenvalue weighted by atomic mass is 32.1. The zero-order chi connectivity index (χ0) is 14.7. The molecule has 0 saturated carbocycles. The van der Waals surface area contributed by atoms with Gasteiger partial charge in [-0.2, -0.15) is 0 Å². The van der Waals surface area contributed by atoms with Crippen LogP contribution in [0.5, 0.6) is 0 Å². The first kappa shape index (κ1) is 14.5. The Morgan fingerprint density at radius 1 is 1.55 bits per heavy atom. The molecule has 6 heteroatoms. The van der Waals surface area contributed by atoms with Gasteiger partial charge in [-0.25, -0.2) is 14.2 Å². The summed E-state index contributed by atoms with van der Waals surface area (Å²) >= 11 is 1.70. The molecule has 20 heavy (non-hydrogen) atoms. The van der Waals surface area contributed by atoms with E-state index < -0.39 is 11.8 Å². The van der Waals surface area contributed by atoms with Crippen molar-refractivity contribution in [1.82, 2.24) is 4.98 Å². The van der Waals surface area contributed by atoms with E-state index in [4.69, 9.17) is 5.11 Å². The molecule has 0 aliphatic rings. The quantitative estimate of drug-likeness (QED) is 0.888. The molecule has 0 fully saturated rings. The van der Waals surface area contributed by atoms with E-state index in [0.717, 1.165) is 18.7 Å². The molecule has 2 heterocycles. The lowest BCUT2D eigenvalue weighted by molar-refractivity contribution is 0.0697. The number of nitrogens with one attached hydrogen (secondary N) is 1. The van der Waals surface area contributed by atoms with Crippen LogP contribution in [0.2, 0.25) is 0 Å². The lowest BCUT2D eigenvalue weighted by atomic mass is 10.2. The van der Waals surface area contributed by atoms with Crippen LogP contribution in [0, 0.1) is 12.7 Å². The number of aromatic carboxylic acids is 1. The average Bonchev–Trinajstić information content (AvgIpc) is 2.76. The van der Waals surface area contributed by atoms with E-state index in [1.165, 1.54) is 9.75 Å². The Hall–Kier alpha value is -1.95. The molecule has 0 spiro atoms. The topological polar surface area (TPSA) is 62.2 Å². The summed E-state index contributed by atoms with van der Waals surface area (Å²) in [6.45, 7) is 3.97. The van der Waals surface area contributed by atoms with Crippen molar-refractivity contribution in [3.63, 3.8) is 0 Å². The Balaban J connectivity index is 2.11. The Morgan fingerprint density at radius 3 is 2.90 bits per heavy atom. The van der Waals surface area contributed by atoms with Crippen LogP contribution in [0.15, 0.2) is 24.4 Å². The number of nitrogens with zero attached hydrogens (tertiary/aromatic N) is 1. The lowest BCUT2D eigenvalue weighted by Crippen LogP contribution is -2.20.